The third-order valence-electron chi connectivity index (χ3n) is 9.62. The van der Waals surface area contributed by atoms with Crippen LogP contribution in [0.15, 0.2) is 97.1 Å². The highest BCUT2D eigenvalue weighted by Crippen LogP contribution is 2.29. The van der Waals surface area contributed by atoms with Crippen molar-refractivity contribution in [3.05, 3.63) is 119 Å². The Kier molecular flexibility index (Phi) is 35.5. The first-order valence-electron chi connectivity index (χ1n) is 24.2. The number of aromatic hydroxyl groups is 1. The predicted molar refractivity (Wildman–Crippen MR) is 321 cm³/mol. The zero-order valence-electron chi connectivity index (χ0n) is 44.2. The van der Waals surface area contributed by atoms with Crippen LogP contribution in [0.3, 0.4) is 0 Å². The quantitative estimate of drug-likeness (QED) is 0.0276. The summed E-state index contributed by atoms with van der Waals surface area (Å²) in [5.41, 5.74) is 1.43. The van der Waals surface area contributed by atoms with Crippen LogP contribution in [0.2, 0.25) is 0 Å². The molecular weight excluding hydrogens is 1280 g/mol. The fourth-order valence-electron chi connectivity index (χ4n) is 5.13. The van der Waals surface area contributed by atoms with Crippen molar-refractivity contribution in [2.45, 2.75) is 55.4 Å². The van der Waals surface area contributed by atoms with Crippen LogP contribution < -0.4 is 14.2 Å². The normalized spacial score (nSPS) is 10.9. The van der Waals surface area contributed by atoms with Crippen molar-refractivity contribution in [3.63, 3.8) is 0 Å². The molecule has 0 aliphatic rings. The number of benzene rings is 4. The SMILES string of the molecule is BrCC(CBr)(CBr)CBr.CC(C)COC(=O)c1ccc(O)cc1.CC(C)COC(=O)c1ccc(OCC(CBr)(COc2ccc(C(=O)OCC(C)C)cc2)COc2ccc(C(=O)OCC(C)C)cc2)cc1.[B]B([B])[B]. The number of carbonyl (C=O) groups excluding carboxylic acids is 4. The summed E-state index contributed by atoms with van der Waals surface area (Å²) in [5, 5.41) is 13.5. The molecule has 0 unspecified atom stereocenters. The van der Waals surface area contributed by atoms with Crippen LogP contribution in [-0.2, 0) is 18.9 Å². The highest BCUT2D eigenvalue weighted by molar-refractivity contribution is 9.11. The standard InChI is InChI=1S/C38H47BrO9.C11H14O3.C5H8Br4.B4/c1-26(2)19-43-35(40)29-7-13-32(14-8-29)46-23-38(22-39,24-47-33-15-9-30(10-16-33)36(41)44-20-27(3)4)25-48-34-17-11-31(12-18-34)37(42)45-21-28(5)6;1-8(2)7-14-11(13)9-3-5-10(12)6-4-9;6-1-5(2-7,3-8)4-9;1-4(2)3/h7-18,26-28H,19-25H2,1-6H3;3-6,8,12H,7H2,1-2H3;1-4H2;. The Morgan fingerprint density at radius 1 is 0.413 bits per heavy atom. The van der Waals surface area contributed by atoms with Gasteiger partial charge in [0.2, 0.25) is 0 Å². The number of hydrogen-bond acceptors (Lipinski definition) is 12. The second kappa shape index (κ2) is 38.2. The Morgan fingerprint density at radius 2 is 0.613 bits per heavy atom. The van der Waals surface area contributed by atoms with Crippen molar-refractivity contribution in [1.82, 2.24) is 0 Å². The summed E-state index contributed by atoms with van der Waals surface area (Å²) in [6.45, 7) is 17.9. The zero-order valence-corrected chi connectivity index (χ0v) is 52.1. The molecule has 21 heteroatoms. The van der Waals surface area contributed by atoms with E-state index >= 15 is 0 Å². The minimum atomic E-state index is -0.682. The fourth-order valence-corrected chi connectivity index (χ4v) is 11.2. The summed E-state index contributed by atoms with van der Waals surface area (Å²) in [4.78, 5) is 48.4. The van der Waals surface area contributed by atoms with E-state index in [2.05, 4.69) is 103 Å². The molecule has 0 fully saturated rings. The Hall–Kier alpha value is -3.38. The first-order valence-corrected chi connectivity index (χ1v) is 29.8. The zero-order chi connectivity index (χ0) is 56.6. The Labute approximate surface area is 491 Å². The molecular formula is C54H69B4Br5O12. The number of phenols is 1. The van der Waals surface area contributed by atoms with E-state index in [9.17, 15) is 19.2 Å². The van der Waals surface area contributed by atoms with E-state index in [0.29, 0.717) is 82.6 Å². The Morgan fingerprint density at radius 3 is 0.787 bits per heavy atom. The molecule has 0 saturated heterocycles. The molecule has 0 aromatic heterocycles. The first kappa shape index (κ1) is 69.6. The molecule has 4 rings (SSSR count). The summed E-state index contributed by atoms with van der Waals surface area (Å²) in [5.74, 6) is 1.39. The van der Waals surface area contributed by atoms with E-state index in [-0.39, 0.29) is 67.2 Å². The molecule has 6 radical (unpaired) electrons. The number of halogens is 5. The maximum Gasteiger partial charge on any atom is 0.338 e. The molecule has 0 aliphatic heterocycles. The molecule has 404 valence electrons. The summed E-state index contributed by atoms with van der Waals surface area (Å²) < 4.78 is 39.6. The lowest BCUT2D eigenvalue weighted by Crippen LogP contribution is -2.42. The van der Waals surface area contributed by atoms with Crippen molar-refractivity contribution in [1.29, 1.82) is 0 Å². The number of carbonyl (C=O) groups is 4. The van der Waals surface area contributed by atoms with Gasteiger partial charge in [-0.2, -0.15) is 0 Å². The molecule has 4 aromatic rings. The molecule has 75 heavy (non-hydrogen) atoms. The summed E-state index contributed by atoms with van der Waals surface area (Å²) in [6, 6.07) is 26.4. The van der Waals surface area contributed by atoms with Crippen LogP contribution in [0.1, 0.15) is 96.8 Å². The van der Waals surface area contributed by atoms with Gasteiger partial charge in [-0.15, -0.1) is 0 Å². The fraction of sp³-hybridized carbons (Fsp3) is 0.481. The summed E-state index contributed by atoms with van der Waals surface area (Å²) >= 11 is 17.5. The third kappa shape index (κ3) is 29.8. The molecule has 12 nitrogen and oxygen atoms in total. The molecule has 0 saturated carbocycles. The topological polar surface area (TPSA) is 153 Å². The van der Waals surface area contributed by atoms with Crippen LogP contribution >= 0.6 is 79.6 Å². The highest BCUT2D eigenvalue weighted by atomic mass is 79.9. The molecule has 4 aromatic carbocycles. The van der Waals surface area contributed by atoms with Crippen molar-refractivity contribution >= 4 is 133 Å². The van der Waals surface area contributed by atoms with Gasteiger partial charge in [0.1, 0.15) is 42.8 Å². The average Bonchev–Trinajstić information content (AvgIpc) is 3.39. The van der Waals surface area contributed by atoms with Gasteiger partial charge in [0.05, 0.1) is 54.1 Å². The predicted octanol–water partition coefficient (Wildman–Crippen LogP) is 12.3. The van der Waals surface area contributed by atoms with E-state index in [1.54, 1.807) is 72.8 Å². The van der Waals surface area contributed by atoms with Gasteiger partial charge in [-0.25, -0.2) is 19.2 Å². The van der Waals surface area contributed by atoms with E-state index in [1.165, 1.54) is 24.3 Å². The molecule has 0 amide bonds. The average molecular weight is 1350 g/mol. The second-order valence-electron chi connectivity index (χ2n) is 19.2. The van der Waals surface area contributed by atoms with Crippen LogP contribution in [-0.4, -0.2) is 131 Å². The summed E-state index contributed by atoms with van der Waals surface area (Å²) in [7, 11) is 14.0. The van der Waals surface area contributed by atoms with Crippen LogP contribution in [0.25, 0.3) is 0 Å². The van der Waals surface area contributed by atoms with Crippen molar-refractivity contribution in [3.8, 4) is 23.0 Å². The lowest BCUT2D eigenvalue weighted by Gasteiger charge is -2.31. The van der Waals surface area contributed by atoms with Crippen LogP contribution in [0.4, 0.5) is 0 Å². The van der Waals surface area contributed by atoms with Gasteiger partial charge in [-0.1, -0.05) is 135 Å². The molecule has 0 atom stereocenters. The summed E-state index contributed by atoms with van der Waals surface area (Å²) in [6.07, 6.45) is -0.667. The number of hydrogen-bond donors (Lipinski definition) is 1. The smallest absolute Gasteiger partial charge is 0.338 e. The van der Waals surface area contributed by atoms with Gasteiger partial charge in [-0.05, 0) is 121 Å². The Bertz CT molecular complexity index is 2020. The first-order chi connectivity index (χ1) is 35.5. The monoisotopic (exact) mass is 1350 g/mol. The molecule has 0 aliphatic carbocycles. The number of ether oxygens (including phenoxy) is 7. The minimum Gasteiger partial charge on any atom is -0.508 e. The second-order valence-corrected chi connectivity index (χ2v) is 22.0. The highest BCUT2D eigenvalue weighted by Gasteiger charge is 2.33. The largest absolute Gasteiger partial charge is 0.508 e. The van der Waals surface area contributed by atoms with Gasteiger partial charge in [0.25, 0.3) is 0 Å². The molecule has 0 spiro atoms. The van der Waals surface area contributed by atoms with E-state index < -0.39 is 11.8 Å². The Balaban J connectivity index is 0.000000842. The lowest BCUT2D eigenvalue weighted by molar-refractivity contribution is 0.0450. The third-order valence-corrected chi connectivity index (χ3v) is 15.6. The van der Waals surface area contributed by atoms with Crippen molar-refractivity contribution < 1.29 is 57.4 Å². The van der Waals surface area contributed by atoms with E-state index in [1.807, 2.05) is 55.4 Å². The van der Waals surface area contributed by atoms with Gasteiger partial charge in [-0.3, -0.25) is 0 Å². The van der Waals surface area contributed by atoms with Crippen LogP contribution in [0.5, 0.6) is 23.0 Å². The van der Waals surface area contributed by atoms with Crippen LogP contribution in [0, 0.1) is 34.5 Å². The van der Waals surface area contributed by atoms with Gasteiger partial charge in [0, 0.05) is 61.7 Å². The van der Waals surface area contributed by atoms with Gasteiger partial charge < -0.3 is 38.3 Å². The number of rotatable bonds is 26. The number of alkyl halides is 5. The molecule has 0 heterocycles. The molecule has 1 N–H and O–H groups in total. The van der Waals surface area contributed by atoms with E-state index in [0.717, 1.165) is 21.3 Å². The van der Waals surface area contributed by atoms with Crippen molar-refractivity contribution in [2.24, 2.45) is 34.5 Å². The number of phenolic OH excluding ortho intramolecular Hbond substituents is 1. The van der Waals surface area contributed by atoms with Crippen molar-refractivity contribution in [2.75, 3.05) is 72.9 Å². The molecule has 0 bridgehead atoms. The van der Waals surface area contributed by atoms with Gasteiger partial charge >= 0.3 is 23.9 Å². The lowest BCUT2D eigenvalue weighted by atomic mass is 9.08. The van der Waals surface area contributed by atoms with E-state index in [4.69, 9.17) is 38.3 Å². The number of esters is 4. The van der Waals surface area contributed by atoms with Gasteiger partial charge in [0.15, 0.2) is 0 Å². The maximum atomic E-state index is 12.3. The maximum absolute atomic E-state index is 12.3. The minimum absolute atomic E-state index is 0.144.